The highest BCUT2D eigenvalue weighted by Gasteiger charge is 2.13. The predicted molar refractivity (Wildman–Crippen MR) is 116 cm³/mol. The van der Waals surface area contributed by atoms with Gasteiger partial charge in [-0.25, -0.2) is 4.98 Å². The molecule has 2 heterocycles. The molecule has 1 aromatic heterocycles. The first-order valence-electron chi connectivity index (χ1n) is 9.59. The number of aromatic nitrogens is 1. The second kappa shape index (κ2) is 9.66. The van der Waals surface area contributed by atoms with Gasteiger partial charge in [0.15, 0.2) is 0 Å². The van der Waals surface area contributed by atoms with Crippen LogP contribution in [0.25, 0.3) is 10.6 Å². The van der Waals surface area contributed by atoms with Crippen LogP contribution in [0.1, 0.15) is 36.8 Å². The van der Waals surface area contributed by atoms with E-state index in [1.54, 1.807) is 11.3 Å². The number of nitrogens with zero attached hydrogens (tertiary/aromatic N) is 4. The quantitative estimate of drug-likeness (QED) is 0.292. The lowest BCUT2D eigenvalue weighted by Crippen LogP contribution is -2.37. The molecule has 0 aliphatic carbocycles. The lowest BCUT2D eigenvalue weighted by molar-refractivity contribution is 0.173. The van der Waals surface area contributed by atoms with Crippen LogP contribution in [0, 0.1) is 6.92 Å². The van der Waals surface area contributed by atoms with E-state index < -0.39 is 0 Å². The summed E-state index contributed by atoms with van der Waals surface area (Å²) in [6.07, 6.45) is 3.63. The van der Waals surface area contributed by atoms with Crippen LogP contribution in [0.3, 0.4) is 0 Å². The molecule has 0 bridgehead atoms. The van der Waals surface area contributed by atoms with E-state index in [0.717, 1.165) is 45.6 Å². The molecule has 1 fully saturated rings. The Kier molecular flexibility index (Phi) is 7.00. The molecule has 150 valence electrons. The number of benzene rings is 1. The third kappa shape index (κ3) is 5.53. The Morgan fingerprint density at radius 2 is 1.93 bits per heavy atom. The molecule has 0 radical (unpaired) electrons. The van der Waals surface area contributed by atoms with Crippen molar-refractivity contribution in [1.29, 1.82) is 0 Å². The monoisotopic (exact) mass is 400 g/mol. The molecule has 8 heteroatoms. The Morgan fingerprint density at radius 3 is 2.57 bits per heavy atom. The maximum absolute atomic E-state index is 5.86. The molecule has 0 spiro atoms. The number of aryl methyl sites for hydroxylation is 1. The topological polar surface area (TPSA) is 102 Å². The summed E-state index contributed by atoms with van der Waals surface area (Å²) in [5, 5.41) is 8.70. The van der Waals surface area contributed by atoms with Gasteiger partial charge in [-0.1, -0.05) is 0 Å². The number of hydrogen-bond donors (Lipinski definition) is 2. The van der Waals surface area contributed by atoms with Gasteiger partial charge in [0.2, 0.25) is 5.96 Å². The fourth-order valence-corrected chi connectivity index (χ4v) is 3.97. The summed E-state index contributed by atoms with van der Waals surface area (Å²) in [5.41, 5.74) is 13.4. The van der Waals surface area contributed by atoms with E-state index in [0.29, 0.717) is 0 Å². The Labute approximate surface area is 170 Å². The standard InChI is InChI=1S/C20H28N6OS/c1-14-18(15(2)24-25-20(21)22)28-19(23-14)16-6-8-17(9-7-16)27-13-4-3-10-26-11-5-12-26/h6-9H,3-5,10-13H2,1-2H3,(H4,21,22,25)/b24-15+. The van der Waals surface area contributed by atoms with Gasteiger partial charge in [-0.3, -0.25) is 0 Å². The molecule has 0 unspecified atom stereocenters. The van der Waals surface area contributed by atoms with Crippen LogP contribution >= 0.6 is 11.3 Å². The molecule has 0 amide bonds. The van der Waals surface area contributed by atoms with Crippen LogP contribution in [0.2, 0.25) is 0 Å². The van der Waals surface area contributed by atoms with Crippen molar-refractivity contribution in [1.82, 2.24) is 9.88 Å². The van der Waals surface area contributed by atoms with E-state index in [1.807, 2.05) is 38.1 Å². The van der Waals surface area contributed by atoms with Gasteiger partial charge >= 0.3 is 0 Å². The van der Waals surface area contributed by atoms with Gasteiger partial charge in [-0.2, -0.15) is 5.10 Å². The average Bonchev–Trinajstić information content (AvgIpc) is 3.03. The minimum absolute atomic E-state index is 0.0575. The maximum atomic E-state index is 5.86. The van der Waals surface area contributed by atoms with Crippen LogP contribution < -0.4 is 16.2 Å². The Balaban J connectivity index is 1.55. The number of rotatable bonds is 9. The second-order valence-corrected chi connectivity index (χ2v) is 7.92. The van der Waals surface area contributed by atoms with Crippen LogP contribution in [0.5, 0.6) is 5.75 Å². The summed E-state index contributed by atoms with van der Waals surface area (Å²) in [6, 6.07) is 8.09. The number of nitrogens with two attached hydrogens (primary N) is 2. The van der Waals surface area contributed by atoms with Gasteiger partial charge in [0.05, 0.1) is 22.9 Å². The Hall–Kier alpha value is -2.45. The molecule has 1 aliphatic heterocycles. The highest BCUT2D eigenvalue weighted by atomic mass is 32.1. The predicted octanol–water partition coefficient (Wildman–Crippen LogP) is 2.98. The van der Waals surface area contributed by atoms with Crippen molar-refractivity contribution in [2.75, 3.05) is 26.2 Å². The third-order valence-electron chi connectivity index (χ3n) is 4.63. The maximum Gasteiger partial charge on any atom is 0.211 e. The molecule has 0 saturated carbocycles. The summed E-state index contributed by atoms with van der Waals surface area (Å²) >= 11 is 1.57. The van der Waals surface area contributed by atoms with Crippen molar-refractivity contribution in [2.45, 2.75) is 33.1 Å². The largest absolute Gasteiger partial charge is 0.494 e. The van der Waals surface area contributed by atoms with Crippen molar-refractivity contribution in [2.24, 2.45) is 21.7 Å². The van der Waals surface area contributed by atoms with Gasteiger partial charge < -0.3 is 21.1 Å². The highest BCUT2D eigenvalue weighted by molar-refractivity contribution is 7.17. The minimum Gasteiger partial charge on any atom is -0.494 e. The summed E-state index contributed by atoms with van der Waals surface area (Å²) < 4.78 is 5.86. The molecule has 28 heavy (non-hydrogen) atoms. The smallest absolute Gasteiger partial charge is 0.211 e. The summed E-state index contributed by atoms with van der Waals surface area (Å²) in [4.78, 5) is 8.12. The highest BCUT2D eigenvalue weighted by Crippen LogP contribution is 2.29. The van der Waals surface area contributed by atoms with Gasteiger partial charge in [0, 0.05) is 5.56 Å². The summed E-state index contributed by atoms with van der Waals surface area (Å²) in [6.45, 7) is 8.31. The van der Waals surface area contributed by atoms with Crippen molar-refractivity contribution >= 4 is 23.0 Å². The van der Waals surface area contributed by atoms with E-state index in [1.165, 1.54) is 32.5 Å². The molecule has 1 saturated heterocycles. The zero-order valence-corrected chi connectivity index (χ0v) is 17.3. The average molecular weight is 401 g/mol. The van der Waals surface area contributed by atoms with E-state index in [4.69, 9.17) is 16.2 Å². The van der Waals surface area contributed by atoms with Gasteiger partial charge in [0.25, 0.3) is 0 Å². The van der Waals surface area contributed by atoms with Crippen LogP contribution in [0.15, 0.2) is 34.5 Å². The van der Waals surface area contributed by atoms with Gasteiger partial charge in [0.1, 0.15) is 10.8 Å². The lowest BCUT2D eigenvalue weighted by atomic mass is 10.2. The lowest BCUT2D eigenvalue weighted by Gasteiger charge is -2.30. The third-order valence-corrected chi connectivity index (χ3v) is 5.94. The number of ether oxygens (including phenoxy) is 1. The fraction of sp³-hybridized carbons (Fsp3) is 0.450. The molecule has 1 aromatic carbocycles. The molecule has 0 atom stereocenters. The number of unbranched alkanes of at least 4 members (excludes halogenated alkanes) is 1. The van der Waals surface area contributed by atoms with Crippen molar-refractivity contribution < 1.29 is 4.74 Å². The Bertz CT molecular complexity index is 835. The molecule has 2 aromatic rings. The summed E-state index contributed by atoms with van der Waals surface area (Å²) in [5.74, 6) is 0.838. The molecule has 7 nitrogen and oxygen atoms in total. The van der Waals surface area contributed by atoms with Crippen molar-refractivity contribution in [3.05, 3.63) is 34.8 Å². The zero-order chi connectivity index (χ0) is 19.9. The van der Waals surface area contributed by atoms with Gasteiger partial charge in [-0.15, -0.1) is 16.4 Å². The number of hydrogen-bond acceptors (Lipinski definition) is 6. The molecule has 1 aliphatic rings. The molecule has 4 N–H and O–H groups in total. The molecular weight excluding hydrogens is 372 g/mol. The Morgan fingerprint density at radius 1 is 1.18 bits per heavy atom. The summed E-state index contributed by atoms with van der Waals surface area (Å²) in [7, 11) is 0. The normalized spacial score (nSPS) is 14.6. The van der Waals surface area contributed by atoms with E-state index >= 15 is 0 Å². The van der Waals surface area contributed by atoms with Gasteiger partial charge in [-0.05, 0) is 77.0 Å². The number of guanidine groups is 1. The van der Waals surface area contributed by atoms with Crippen LogP contribution in [0.4, 0.5) is 0 Å². The van der Waals surface area contributed by atoms with E-state index in [9.17, 15) is 0 Å². The number of thiazole rings is 1. The van der Waals surface area contributed by atoms with Crippen molar-refractivity contribution in [3.63, 3.8) is 0 Å². The first-order valence-corrected chi connectivity index (χ1v) is 10.4. The van der Waals surface area contributed by atoms with Crippen LogP contribution in [-0.4, -0.2) is 47.8 Å². The fourth-order valence-electron chi connectivity index (χ4n) is 2.96. The van der Waals surface area contributed by atoms with E-state index in [-0.39, 0.29) is 5.96 Å². The van der Waals surface area contributed by atoms with E-state index in [2.05, 4.69) is 20.1 Å². The minimum atomic E-state index is -0.0575. The molecular formula is C20H28N6OS. The SMILES string of the molecule is C/C(=N\N=C(N)N)c1sc(-c2ccc(OCCCCN3CCC3)cc2)nc1C. The zero-order valence-electron chi connectivity index (χ0n) is 16.5. The molecule has 3 rings (SSSR count). The van der Waals surface area contributed by atoms with Crippen LogP contribution in [-0.2, 0) is 0 Å². The first kappa shape index (κ1) is 20.3. The second-order valence-electron chi connectivity index (χ2n) is 6.92. The first-order chi connectivity index (χ1) is 13.5. The number of likely N-dealkylation sites (tertiary alicyclic amines) is 1. The van der Waals surface area contributed by atoms with Crippen molar-refractivity contribution in [3.8, 4) is 16.3 Å².